The lowest BCUT2D eigenvalue weighted by molar-refractivity contribution is -0.136. The molecule has 0 fully saturated rings. The number of aromatic nitrogens is 2. The first-order valence-corrected chi connectivity index (χ1v) is 8.43. The summed E-state index contributed by atoms with van der Waals surface area (Å²) in [6.45, 7) is 6.35. The lowest BCUT2D eigenvalue weighted by Gasteiger charge is -2.04. The molecular formula is C11H14N2O2Si. The Morgan fingerprint density at radius 1 is 1.38 bits per heavy atom. The van der Waals surface area contributed by atoms with E-state index in [1.807, 2.05) is 0 Å². The average molecular weight is 234 g/mol. The number of hydrogen-bond donors (Lipinski definition) is 1. The van der Waals surface area contributed by atoms with Crippen LogP contribution in [-0.4, -0.2) is 29.1 Å². The molecule has 0 saturated carbocycles. The van der Waals surface area contributed by atoms with Crippen LogP contribution in [0.25, 0.3) is 0 Å². The van der Waals surface area contributed by atoms with Crippen molar-refractivity contribution in [2.75, 3.05) is 0 Å². The summed E-state index contributed by atoms with van der Waals surface area (Å²) in [6.07, 6.45) is 2.88. The predicted molar refractivity (Wildman–Crippen MR) is 63.6 cm³/mol. The Balaban J connectivity index is 3.03. The van der Waals surface area contributed by atoms with Gasteiger partial charge in [-0.2, -0.15) is 0 Å². The second-order valence-corrected chi connectivity index (χ2v) is 9.17. The number of carboxylic acid groups (broad SMARTS) is 1. The van der Waals surface area contributed by atoms with E-state index < -0.39 is 14.0 Å². The molecule has 0 atom stereocenters. The molecule has 0 aliphatic heterocycles. The maximum Gasteiger partial charge on any atom is 0.309 e. The predicted octanol–water partition coefficient (Wildman–Crippen LogP) is 1.33. The van der Waals surface area contributed by atoms with Crippen LogP contribution >= 0.6 is 0 Å². The molecule has 5 heteroatoms. The van der Waals surface area contributed by atoms with Gasteiger partial charge in [0.1, 0.15) is 13.8 Å². The summed E-state index contributed by atoms with van der Waals surface area (Å²) in [4.78, 5) is 18.7. The van der Waals surface area contributed by atoms with Crippen LogP contribution in [-0.2, 0) is 11.2 Å². The highest BCUT2D eigenvalue weighted by Gasteiger charge is 2.10. The number of hydrogen-bond acceptors (Lipinski definition) is 3. The van der Waals surface area contributed by atoms with Crippen LogP contribution in [0.4, 0.5) is 0 Å². The number of carbonyl (C=O) groups is 1. The summed E-state index contributed by atoms with van der Waals surface area (Å²) in [5.74, 6) is 2.01. The van der Waals surface area contributed by atoms with E-state index in [1.54, 1.807) is 0 Å². The molecule has 1 aromatic heterocycles. The van der Waals surface area contributed by atoms with Gasteiger partial charge in [0.05, 0.1) is 12.1 Å². The summed E-state index contributed by atoms with van der Waals surface area (Å²) in [7, 11) is -1.48. The van der Waals surface area contributed by atoms with Gasteiger partial charge in [-0.3, -0.25) is 9.78 Å². The zero-order valence-corrected chi connectivity index (χ0v) is 10.6. The first-order valence-electron chi connectivity index (χ1n) is 4.93. The zero-order chi connectivity index (χ0) is 12.2. The lowest BCUT2D eigenvalue weighted by atomic mass is 10.2. The zero-order valence-electron chi connectivity index (χ0n) is 9.61. The maximum absolute atomic E-state index is 10.6. The molecule has 0 radical (unpaired) electrons. The smallest absolute Gasteiger partial charge is 0.309 e. The van der Waals surface area contributed by atoms with Gasteiger partial charge < -0.3 is 5.11 Å². The highest BCUT2D eigenvalue weighted by atomic mass is 28.3. The van der Waals surface area contributed by atoms with Crippen LogP contribution in [0, 0.1) is 11.5 Å². The Morgan fingerprint density at radius 3 is 2.56 bits per heavy atom. The highest BCUT2D eigenvalue weighted by molar-refractivity contribution is 6.83. The quantitative estimate of drug-likeness (QED) is 0.619. The van der Waals surface area contributed by atoms with Crippen molar-refractivity contribution >= 4 is 14.0 Å². The second-order valence-electron chi connectivity index (χ2n) is 4.42. The molecule has 84 valence electrons. The van der Waals surface area contributed by atoms with Gasteiger partial charge >= 0.3 is 5.97 Å². The molecule has 0 bridgehead atoms. The molecule has 0 aliphatic rings. The van der Waals surface area contributed by atoms with E-state index in [0.29, 0.717) is 11.4 Å². The van der Waals surface area contributed by atoms with Crippen molar-refractivity contribution in [2.45, 2.75) is 26.1 Å². The molecule has 1 aromatic rings. The van der Waals surface area contributed by atoms with Crippen LogP contribution in [0.15, 0.2) is 12.4 Å². The summed E-state index contributed by atoms with van der Waals surface area (Å²) in [5, 5.41) is 8.71. The first kappa shape index (κ1) is 12.4. The largest absolute Gasteiger partial charge is 0.481 e. The molecule has 0 saturated heterocycles. The Labute approximate surface area is 95.8 Å². The molecule has 0 unspecified atom stereocenters. The minimum Gasteiger partial charge on any atom is -0.481 e. The minimum absolute atomic E-state index is 0.135. The molecule has 0 aliphatic carbocycles. The van der Waals surface area contributed by atoms with E-state index in [0.717, 1.165) is 0 Å². The van der Waals surface area contributed by atoms with Crippen molar-refractivity contribution in [3.63, 3.8) is 0 Å². The van der Waals surface area contributed by atoms with E-state index in [2.05, 4.69) is 41.1 Å². The SMILES string of the molecule is C[Si](C)(C)C#Cc1nccnc1CC(=O)O. The molecule has 1 heterocycles. The number of aliphatic carboxylic acids is 1. The Morgan fingerprint density at radius 2 is 2.00 bits per heavy atom. The first-order chi connectivity index (χ1) is 7.38. The normalized spacial score (nSPS) is 10.4. The molecule has 16 heavy (non-hydrogen) atoms. The monoisotopic (exact) mass is 234 g/mol. The summed E-state index contributed by atoms with van der Waals surface area (Å²) >= 11 is 0. The molecule has 4 nitrogen and oxygen atoms in total. The number of carboxylic acids is 1. The highest BCUT2D eigenvalue weighted by Crippen LogP contribution is 2.03. The van der Waals surface area contributed by atoms with E-state index in [-0.39, 0.29) is 6.42 Å². The van der Waals surface area contributed by atoms with Gasteiger partial charge in [-0.25, -0.2) is 4.98 Å². The van der Waals surface area contributed by atoms with E-state index in [1.165, 1.54) is 12.4 Å². The standard InChI is InChI=1S/C11H14N2O2Si/c1-16(2,3)7-4-9-10(8-11(14)15)13-6-5-12-9/h5-6H,8H2,1-3H3,(H,14,15). The fraction of sp³-hybridized carbons (Fsp3) is 0.364. The van der Waals surface area contributed by atoms with E-state index >= 15 is 0 Å². The van der Waals surface area contributed by atoms with Crippen molar-refractivity contribution in [2.24, 2.45) is 0 Å². The minimum atomic E-state index is -1.48. The van der Waals surface area contributed by atoms with Crippen molar-refractivity contribution in [3.05, 3.63) is 23.8 Å². The molecule has 0 aromatic carbocycles. The van der Waals surface area contributed by atoms with Gasteiger partial charge in [0, 0.05) is 12.4 Å². The summed E-state index contributed by atoms with van der Waals surface area (Å²) in [5.41, 5.74) is 4.06. The third kappa shape index (κ3) is 4.23. The Bertz CT molecular complexity index is 455. The van der Waals surface area contributed by atoms with Crippen LogP contribution in [0.2, 0.25) is 19.6 Å². The van der Waals surface area contributed by atoms with Crippen LogP contribution in [0.3, 0.4) is 0 Å². The topological polar surface area (TPSA) is 63.1 Å². The molecule has 0 spiro atoms. The van der Waals surface area contributed by atoms with Crippen molar-refractivity contribution in [1.29, 1.82) is 0 Å². The van der Waals surface area contributed by atoms with Crippen LogP contribution in [0.1, 0.15) is 11.4 Å². The molecule has 1 rings (SSSR count). The Hall–Kier alpha value is -1.67. The van der Waals surface area contributed by atoms with E-state index in [9.17, 15) is 4.79 Å². The van der Waals surface area contributed by atoms with Crippen molar-refractivity contribution in [3.8, 4) is 11.5 Å². The summed E-state index contributed by atoms with van der Waals surface area (Å²) in [6, 6.07) is 0. The maximum atomic E-state index is 10.6. The van der Waals surface area contributed by atoms with E-state index in [4.69, 9.17) is 5.11 Å². The third-order valence-electron chi connectivity index (χ3n) is 1.65. The molecule has 0 amide bonds. The Kier molecular flexibility index (Phi) is 3.80. The average Bonchev–Trinajstić information content (AvgIpc) is 2.14. The lowest BCUT2D eigenvalue weighted by Crippen LogP contribution is -2.16. The van der Waals surface area contributed by atoms with Crippen molar-refractivity contribution < 1.29 is 9.90 Å². The molecular weight excluding hydrogens is 220 g/mol. The van der Waals surface area contributed by atoms with Crippen molar-refractivity contribution in [1.82, 2.24) is 9.97 Å². The van der Waals surface area contributed by atoms with Gasteiger partial charge in [-0.1, -0.05) is 25.6 Å². The van der Waals surface area contributed by atoms with Gasteiger partial charge in [0.25, 0.3) is 0 Å². The third-order valence-corrected chi connectivity index (χ3v) is 2.52. The van der Waals surface area contributed by atoms with Crippen LogP contribution < -0.4 is 0 Å². The summed E-state index contributed by atoms with van der Waals surface area (Å²) < 4.78 is 0. The van der Waals surface area contributed by atoms with Gasteiger partial charge in [0.2, 0.25) is 0 Å². The number of nitrogens with zero attached hydrogens (tertiary/aromatic N) is 2. The fourth-order valence-electron chi connectivity index (χ4n) is 0.991. The van der Waals surface area contributed by atoms with Crippen LogP contribution in [0.5, 0.6) is 0 Å². The number of rotatable bonds is 2. The molecule has 1 N–H and O–H groups in total. The van der Waals surface area contributed by atoms with Gasteiger partial charge in [-0.05, 0) is 0 Å². The van der Waals surface area contributed by atoms with Gasteiger partial charge in [-0.15, -0.1) is 5.54 Å². The fourth-order valence-corrected chi connectivity index (χ4v) is 1.48. The second kappa shape index (κ2) is 4.90. The van der Waals surface area contributed by atoms with Gasteiger partial charge in [0.15, 0.2) is 0 Å².